The van der Waals surface area contributed by atoms with Gasteiger partial charge in [0.15, 0.2) is 0 Å². The topological polar surface area (TPSA) is 26.3 Å². The van der Waals surface area contributed by atoms with Gasteiger partial charge in [0.1, 0.15) is 0 Å². The molecular formula is C25H46O2. The number of unbranched alkanes of at least 4 members (excludes halogenated alkanes) is 14. The van der Waals surface area contributed by atoms with E-state index in [-0.39, 0.29) is 5.97 Å². The van der Waals surface area contributed by atoms with E-state index in [4.69, 9.17) is 4.74 Å². The molecule has 27 heavy (non-hydrogen) atoms. The zero-order valence-corrected chi connectivity index (χ0v) is 18.2. The molecule has 0 unspecified atom stereocenters. The Bertz CT molecular complexity index is 346. The van der Waals surface area contributed by atoms with Gasteiger partial charge in [-0.3, -0.25) is 4.79 Å². The first-order valence-electron chi connectivity index (χ1n) is 11.7. The molecule has 0 fully saturated rings. The third-order valence-corrected chi connectivity index (χ3v) is 4.96. The largest absolute Gasteiger partial charge is 0.466 e. The Morgan fingerprint density at radius 1 is 0.704 bits per heavy atom. The lowest BCUT2D eigenvalue weighted by Crippen LogP contribution is -2.05. The summed E-state index contributed by atoms with van der Waals surface area (Å²) >= 11 is 0. The molecule has 0 atom stereocenters. The predicted molar refractivity (Wildman–Crippen MR) is 119 cm³/mol. The summed E-state index contributed by atoms with van der Waals surface area (Å²) in [5, 5.41) is 0. The molecule has 0 aromatic carbocycles. The van der Waals surface area contributed by atoms with Crippen molar-refractivity contribution >= 4 is 5.97 Å². The zero-order chi connectivity index (χ0) is 19.8. The standard InChI is InChI=1S/C25H46O2/c1-3-5-7-9-10-11-12-13-14-15-16-17-18-19-20-22-24-27-25(26)23-21-8-6-4-2/h4,13-14H,2-3,5-12,15-24H2,1H3. The first-order chi connectivity index (χ1) is 13.3. The number of carbonyl (C=O) groups excluding carboxylic acids is 1. The van der Waals surface area contributed by atoms with E-state index in [2.05, 4.69) is 25.7 Å². The average molecular weight is 379 g/mol. The molecule has 2 heteroatoms. The van der Waals surface area contributed by atoms with E-state index in [9.17, 15) is 4.79 Å². The summed E-state index contributed by atoms with van der Waals surface area (Å²) in [6, 6.07) is 0. The molecule has 0 saturated heterocycles. The summed E-state index contributed by atoms with van der Waals surface area (Å²) in [4.78, 5) is 11.5. The molecule has 2 nitrogen and oxygen atoms in total. The minimum atomic E-state index is -0.0354. The van der Waals surface area contributed by atoms with Crippen LogP contribution in [0.1, 0.15) is 122 Å². The van der Waals surface area contributed by atoms with Gasteiger partial charge in [-0.2, -0.15) is 0 Å². The molecule has 0 spiro atoms. The SMILES string of the molecule is C=CCCCCC(=O)OCCCCCCCCC=CCCCCCCCC. The van der Waals surface area contributed by atoms with E-state index in [1.807, 2.05) is 6.08 Å². The average Bonchev–Trinajstić information content (AvgIpc) is 2.67. The molecule has 0 bridgehead atoms. The maximum absolute atomic E-state index is 11.5. The minimum absolute atomic E-state index is 0.0354. The van der Waals surface area contributed by atoms with Crippen LogP contribution in [0.25, 0.3) is 0 Å². The number of esters is 1. The Hall–Kier alpha value is -1.05. The highest BCUT2D eigenvalue weighted by molar-refractivity contribution is 5.69. The lowest BCUT2D eigenvalue weighted by atomic mass is 10.1. The Balaban J connectivity index is 3.17. The highest BCUT2D eigenvalue weighted by atomic mass is 16.5. The van der Waals surface area contributed by atoms with Crippen LogP contribution in [-0.4, -0.2) is 12.6 Å². The van der Waals surface area contributed by atoms with Gasteiger partial charge in [0, 0.05) is 6.42 Å². The quantitative estimate of drug-likeness (QED) is 0.114. The van der Waals surface area contributed by atoms with Gasteiger partial charge in [-0.05, 0) is 51.4 Å². The summed E-state index contributed by atoms with van der Waals surface area (Å²) in [6.45, 7) is 6.56. The molecular weight excluding hydrogens is 332 g/mol. The van der Waals surface area contributed by atoms with Gasteiger partial charge < -0.3 is 4.74 Å². The third-order valence-electron chi connectivity index (χ3n) is 4.96. The van der Waals surface area contributed by atoms with Gasteiger partial charge in [-0.1, -0.05) is 82.9 Å². The minimum Gasteiger partial charge on any atom is -0.466 e. The van der Waals surface area contributed by atoms with Crippen LogP contribution in [0.3, 0.4) is 0 Å². The van der Waals surface area contributed by atoms with Gasteiger partial charge in [0.25, 0.3) is 0 Å². The molecule has 0 N–H and O–H groups in total. The van der Waals surface area contributed by atoms with Crippen molar-refractivity contribution in [3.8, 4) is 0 Å². The smallest absolute Gasteiger partial charge is 0.305 e. The van der Waals surface area contributed by atoms with Crippen LogP contribution in [0.15, 0.2) is 24.8 Å². The van der Waals surface area contributed by atoms with Gasteiger partial charge in [0.05, 0.1) is 6.61 Å². The highest BCUT2D eigenvalue weighted by Gasteiger charge is 2.01. The van der Waals surface area contributed by atoms with E-state index in [1.54, 1.807) is 0 Å². The van der Waals surface area contributed by atoms with E-state index >= 15 is 0 Å². The Morgan fingerprint density at radius 3 is 1.81 bits per heavy atom. The molecule has 0 aromatic rings. The first kappa shape index (κ1) is 26.0. The molecule has 0 amide bonds. The Morgan fingerprint density at radius 2 is 1.22 bits per heavy atom. The summed E-state index contributed by atoms with van der Waals surface area (Å²) in [6.07, 6.45) is 28.4. The second-order valence-corrected chi connectivity index (χ2v) is 7.69. The molecule has 158 valence electrons. The molecule has 0 aliphatic rings. The number of allylic oxidation sites excluding steroid dienone is 3. The van der Waals surface area contributed by atoms with Gasteiger partial charge in [0.2, 0.25) is 0 Å². The van der Waals surface area contributed by atoms with Crippen LogP contribution in [0.4, 0.5) is 0 Å². The molecule has 0 radical (unpaired) electrons. The van der Waals surface area contributed by atoms with Crippen molar-refractivity contribution < 1.29 is 9.53 Å². The third kappa shape index (κ3) is 22.9. The molecule has 0 aliphatic carbocycles. The van der Waals surface area contributed by atoms with E-state index in [0.717, 1.165) is 25.7 Å². The number of carbonyl (C=O) groups is 1. The fourth-order valence-corrected chi connectivity index (χ4v) is 3.17. The maximum atomic E-state index is 11.5. The van der Waals surface area contributed by atoms with E-state index in [0.29, 0.717) is 13.0 Å². The van der Waals surface area contributed by atoms with Crippen LogP contribution < -0.4 is 0 Å². The summed E-state index contributed by atoms with van der Waals surface area (Å²) < 4.78 is 5.27. The zero-order valence-electron chi connectivity index (χ0n) is 18.2. The van der Waals surface area contributed by atoms with Crippen LogP contribution in [0.2, 0.25) is 0 Å². The van der Waals surface area contributed by atoms with Crippen molar-refractivity contribution in [2.75, 3.05) is 6.61 Å². The fraction of sp³-hybridized carbons (Fsp3) is 0.800. The van der Waals surface area contributed by atoms with Crippen LogP contribution in [0, 0.1) is 0 Å². The van der Waals surface area contributed by atoms with Crippen LogP contribution in [0.5, 0.6) is 0 Å². The predicted octanol–water partition coefficient (Wildman–Crippen LogP) is 8.31. The number of hydrogen-bond acceptors (Lipinski definition) is 2. The molecule has 0 aromatic heterocycles. The van der Waals surface area contributed by atoms with Crippen molar-refractivity contribution in [1.29, 1.82) is 0 Å². The first-order valence-corrected chi connectivity index (χ1v) is 11.7. The van der Waals surface area contributed by atoms with Crippen LogP contribution in [-0.2, 0) is 9.53 Å². The number of hydrogen-bond donors (Lipinski definition) is 0. The van der Waals surface area contributed by atoms with Crippen molar-refractivity contribution in [2.24, 2.45) is 0 Å². The Kier molecular flexibility index (Phi) is 22.1. The van der Waals surface area contributed by atoms with Crippen molar-refractivity contribution in [3.05, 3.63) is 24.8 Å². The van der Waals surface area contributed by atoms with Crippen molar-refractivity contribution in [3.63, 3.8) is 0 Å². The van der Waals surface area contributed by atoms with Gasteiger partial charge >= 0.3 is 5.97 Å². The molecule has 0 rings (SSSR count). The maximum Gasteiger partial charge on any atom is 0.305 e. The van der Waals surface area contributed by atoms with Crippen molar-refractivity contribution in [1.82, 2.24) is 0 Å². The molecule has 0 heterocycles. The lowest BCUT2D eigenvalue weighted by molar-refractivity contribution is -0.143. The van der Waals surface area contributed by atoms with Crippen LogP contribution >= 0.6 is 0 Å². The van der Waals surface area contributed by atoms with E-state index < -0.39 is 0 Å². The molecule has 0 aliphatic heterocycles. The highest BCUT2D eigenvalue weighted by Crippen LogP contribution is 2.10. The normalized spacial score (nSPS) is 11.1. The van der Waals surface area contributed by atoms with E-state index in [1.165, 1.54) is 83.5 Å². The summed E-state index contributed by atoms with van der Waals surface area (Å²) in [7, 11) is 0. The fourth-order valence-electron chi connectivity index (χ4n) is 3.17. The number of ether oxygens (including phenoxy) is 1. The second kappa shape index (κ2) is 23.0. The monoisotopic (exact) mass is 378 g/mol. The second-order valence-electron chi connectivity index (χ2n) is 7.69. The van der Waals surface area contributed by atoms with Gasteiger partial charge in [-0.25, -0.2) is 0 Å². The number of rotatable bonds is 21. The van der Waals surface area contributed by atoms with Crippen molar-refractivity contribution in [2.45, 2.75) is 122 Å². The lowest BCUT2D eigenvalue weighted by Gasteiger charge is -2.04. The molecule has 0 saturated carbocycles. The van der Waals surface area contributed by atoms with Gasteiger partial charge in [-0.15, -0.1) is 6.58 Å². The Labute approximate surface area is 169 Å². The summed E-state index contributed by atoms with van der Waals surface area (Å²) in [5.74, 6) is -0.0354. The summed E-state index contributed by atoms with van der Waals surface area (Å²) in [5.41, 5.74) is 0.